The molecule has 156 valence electrons. The van der Waals surface area contributed by atoms with E-state index >= 15 is 0 Å². The summed E-state index contributed by atoms with van der Waals surface area (Å²) in [6.07, 6.45) is 0. The van der Waals surface area contributed by atoms with Crippen molar-refractivity contribution < 1.29 is 14.7 Å². The Balaban J connectivity index is 1.90. The molecule has 5 nitrogen and oxygen atoms in total. The molecule has 3 aromatic carbocycles. The Labute approximate surface area is 185 Å². The van der Waals surface area contributed by atoms with Gasteiger partial charge in [0.1, 0.15) is 5.76 Å². The Morgan fingerprint density at radius 2 is 1.52 bits per heavy atom. The smallest absolute Gasteiger partial charge is 0.300 e. The maximum atomic E-state index is 13.1. The Kier molecular flexibility index (Phi) is 5.53. The van der Waals surface area contributed by atoms with Crippen LogP contribution in [0.1, 0.15) is 17.2 Å². The Hall–Kier alpha value is -3.57. The standard InChI is InChI=1S/C25H21ClN2O3/c1-27(2)19-12-14-20(15-13-19)28-22(16-8-10-18(26)11-9-16)21(24(30)25(28)31)23(29)17-6-4-3-5-7-17/h3-15,22,29H,1-2H3/b23-21+/t22-/m1/s1. The van der Waals surface area contributed by atoms with Gasteiger partial charge in [0.15, 0.2) is 0 Å². The van der Waals surface area contributed by atoms with Crippen molar-refractivity contribution in [3.05, 3.63) is 101 Å². The average Bonchev–Trinajstić information content (AvgIpc) is 3.05. The van der Waals surface area contributed by atoms with E-state index < -0.39 is 17.7 Å². The highest BCUT2D eigenvalue weighted by Gasteiger charge is 2.46. The first-order valence-corrected chi connectivity index (χ1v) is 10.2. The molecular formula is C25H21ClN2O3. The van der Waals surface area contributed by atoms with Gasteiger partial charge in [-0.05, 0) is 42.0 Å². The quantitative estimate of drug-likeness (QED) is 0.357. The number of aliphatic hydroxyl groups is 1. The fourth-order valence-electron chi connectivity index (χ4n) is 3.72. The largest absolute Gasteiger partial charge is 0.507 e. The molecule has 6 heteroatoms. The van der Waals surface area contributed by atoms with Gasteiger partial charge in [-0.2, -0.15) is 0 Å². The topological polar surface area (TPSA) is 60.9 Å². The lowest BCUT2D eigenvalue weighted by Gasteiger charge is -2.26. The number of nitrogens with zero attached hydrogens (tertiary/aromatic N) is 2. The van der Waals surface area contributed by atoms with Crippen molar-refractivity contribution in [3.63, 3.8) is 0 Å². The highest BCUT2D eigenvalue weighted by Crippen LogP contribution is 2.42. The number of halogens is 1. The van der Waals surface area contributed by atoms with Crippen LogP contribution in [0.25, 0.3) is 5.76 Å². The number of aliphatic hydroxyl groups excluding tert-OH is 1. The zero-order valence-corrected chi connectivity index (χ0v) is 17.9. The third-order valence-electron chi connectivity index (χ3n) is 5.32. The number of hydrogen-bond acceptors (Lipinski definition) is 4. The van der Waals surface area contributed by atoms with Crippen LogP contribution in [0.5, 0.6) is 0 Å². The number of carbonyl (C=O) groups is 2. The maximum Gasteiger partial charge on any atom is 0.300 e. The zero-order valence-electron chi connectivity index (χ0n) is 17.1. The summed E-state index contributed by atoms with van der Waals surface area (Å²) in [5.74, 6) is -1.61. The maximum absolute atomic E-state index is 13.1. The van der Waals surface area contributed by atoms with Gasteiger partial charge in [-0.15, -0.1) is 0 Å². The highest BCUT2D eigenvalue weighted by molar-refractivity contribution is 6.51. The molecule has 4 rings (SSSR count). The molecule has 1 amide bonds. The molecule has 1 aliphatic heterocycles. The van der Waals surface area contributed by atoms with Crippen LogP contribution in [0, 0.1) is 0 Å². The summed E-state index contributed by atoms with van der Waals surface area (Å²) >= 11 is 6.06. The summed E-state index contributed by atoms with van der Waals surface area (Å²) < 4.78 is 0. The summed E-state index contributed by atoms with van der Waals surface area (Å²) in [4.78, 5) is 29.6. The van der Waals surface area contributed by atoms with E-state index in [9.17, 15) is 14.7 Å². The summed E-state index contributed by atoms with van der Waals surface area (Å²) in [6, 6.07) is 22.3. The summed E-state index contributed by atoms with van der Waals surface area (Å²) in [7, 11) is 3.85. The van der Waals surface area contributed by atoms with E-state index in [0.717, 1.165) is 5.69 Å². The number of ketones is 1. The minimum Gasteiger partial charge on any atom is -0.507 e. The second kappa shape index (κ2) is 8.28. The van der Waals surface area contributed by atoms with Gasteiger partial charge in [0.05, 0.1) is 11.6 Å². The number of hydrogen-bond donors (Lipinski definition) is 1. The lowest BCUT2D eigenvalue weighted by Crippen LogP contribution is -2.29. The molecule has 0 unspecified atom stereocenters. The second-order valence-electron chi connectivity index (χ2n) is 7.50. The zero-order chi connectivity index (χ0) is 22.1. The monoisotopic (exact) mass is 432 g/mol. The molecule has 31 heavy (non-hydrogen) atoms. The van der Waals surface area contributed by atoms with Gasteiger partial charge in [0.2, 0.25) is 0 Å². The van der Waals surface area contributed by atoms with Crippen LogP contribution in [0.15, 0.2) is 84.4 Å². The van der Waals surface area contributed by atoms with Gasteiger partial charge in [-0.25, -0.2) is 0 Å². The molecule has 0 aliphatic carbocycles. The lowest BCUT2D eigenvalue weighted by molar-refractivity contribution is -0.132. The predicted molar refractivity (Wildman–Crippen MR) is 123 cm³/mol. The molecule has 1 aliphatic rings. The number of amides is 1. The highest BCUT2D eigenvalue weighted by atomic mass is 35.5. The summed E-state index contributed by atoms with van der Waals surface area (Å²) in [6.45, 7) is 0. The van der Waals surface area contributed by atoms with Crippen molar-refractivity contribution in [2.75, 3.05) is 23.9 Å². The fraction of sp³-hybridized carbons (Fsp3) is 0.120. The van der Waals surface area contributed by atoms with Crippen molar-refractivity contribution in [2.24, 2.45) is 0 Å². The Morgan fingerprint density at radius 3 is 2.10 bits per heavy atom. The molecule has 0 bridgehead atoms. The van der Waals surface area contributed by atoms with Crippen LogP contribution >= 0.6 is 11.6 Å². The molecule has 0 saturated carbocycles. The van der Waals surface area contributed by atoms with E-state index in [1.165, 1.54) is 4.90 Å². The first-order chi connectivity index (χ1) is 14.9. The van der Waals surface area contributed by atoms with Crippen molar-refractivity contribution in [3.8, 4) is 0 Å². The number of anilines is 2. The van der Waals surface area contributed by atoms with Crippen LogP contribution in [0.3, 0.4) is 0 Å². The predicted octanol–water partition coefficient (Wildman–Crippen LogP) is 5.03. The van der Waals surface area contributed by atoms with Crippen LogP contribution < -0.4 is 9.80 Å². The molecule has 0 aromatic heterocycles. The minimum absolute atomic E-state index is 0.0511. The molecule has 0 radical (unpaired) electrons. The van der Waals surface area contributed by atoms with Gasteiger partial charge in [0, 0.05) is 36.1 Å². The number of Topliss-reactive ketones (excluding diaryl/α,β-unsaturated/α-hetero) is 1. The Morgan fingerprint density at radius 1 is 0.903 bits per heavy atom. The second-order valence-corrected chi connectivity index (χ2v) is 7.93. The van der Waals surface area contributed by atoms with Crippen LogP contribution in [-0.2, 0) is 9.59 Å². The average molecular weight is 433 g/mol. The molecule has 1 heterocycles. The molecular weight excluding hydrogens is 412 g/mol. The fourth-order valence-corrected chi connectivity index (χ4v) is 3.85. The minimum atomic E-state index is -0.775. The Bertz CT molecular complexity index is 1150. The molecule has 0 spiro atoms. The van der Waals surface area contributed by atoms with E-state index in [-0.39, 0.29) is 11.3 Å². The van der Waals surface area contributed by atoms with E-state index in [4.69, 9.17) is 11.6 Å². The third-order valence-corrected chi connectivity index (χ3v) is 5.57. The van der Waals surface area contributed by atoms with Crippen molar-refractivity contribution in [1.29, 1.82) is 0 Å². The van der Waals surface area contributed by atoms with Gasteiger partial charge in [0.25, 0.3) is 11.7 Å². The van der Waals surface area contributed by atoms with Crippen molar-refractivity contribution in [1.82, 2.24) is 0 Å². The summed E-state index contributed by atoms with van der Waals surface area (Å²) in [5.41, 5.74) is 2.74. The molecule has 3 aromatic rings. The van der Waals surface area contributed by atoms with E-state index in [1.807, 2.05) is 37.2 Å². The van der Waals surface area contributed by atoms with Crippen LogP contribution in [0.4, 0.5) is 11.4 Å². The normalized spacial score (nSPS) is 17.8. The van der Waals surface area contributed by atoms with Crippen molar-refractivity contribution >= 4 is 40.4 Å². The molecule has 1 fully saturated rings. The third kappa shape index (κ3) is 3.80. The lowest BCUT2D eigenvalue weighted by atomic mass is 9.95. The van der Waals surface area contributed by atoms with E-state index in [2.05, 4.69) is 0 Å². The van der Waals surface area contributed by atoms with Gasteiger partial charge >= 0.3 is 0 Å². The molecule has 1 saturated heterocycles. The number of rotatable bonds is 4. The molecule has 1 N–H and O–H groups in total. The first kappa shape index (κ1) is 20.7. The molecule has 1 atom stereocenters. The number of benzene rings is 3. The summed E-state index contributed by atoms with van der Waals surface area (Å²) in [5, 5.41) is 11.6. The number of carbonyl (C=O) groups excluding carboxylic acids is 2. The van der Waals surface area contributed by atoms with Crippen LogP contribution in [0.2, 0.25) is 5.02 Å². The SMILES string of the molecule is CN(C)c1ccc(N2C(=O)C(=O)/C(=C(/O)c3ccccc3)[C@H]2c2ccc(Cl)cc2)cc1. The van der Waals surface area contributed by atoms with Gasteiger partial charge < -0.3 is 10.0 Å². The van der Waals surface area contributed by atoms with Gasteiger partial charge in [-0.1, -0.05) is 54.1 Å². The first-order valence-electron chi connectivity index (χ1n) is 9.78. The van der Waals surface area contributed by atoms with Crippen LogP contribution in [-0.4, -0.2) is 30.9 Å². The van der Waals surface area contributed by atoms with E-state index in [1.54, 1.807) is 60.7 Å². The van der Waals surface area contributed by atoms with Crippen molar-refractivity contribution in [2.45, 2.75) is 6.04 Å². The van der Waals surface area contributed by atoms with E-state index in [0.29, 0.717) is 21.8 Å². The van der Waals surface area contributed by atoms with Gasteiger partial charge in [-0.3, -0.25) is 14.5 Å².